The van der Waals surface area contributed by atoms with Crippen LogP contribution in [-0.4, -0.2) is 33.2 Å². The zero-order chi connectivity index (χ0) is 26.8. The molecule has 0 amide bonds. The summed E-state index contributed by atoms with van der Waals surface area (Å²) in [6.07, 6.45) is 0.0679. The van der Waals surface area contributed by atoms with Crippen molar-refractivity contribution in [2.45, 2.75) is 51.9 Å². The molecule has 0 saturated carbocycles. The fourth-order valence-electron chi connectivity index (χ4n) is 4.89. The molecule has 1 heterocycles. The molecule has 6 nitrogen and oxygen atoms in total. The molecule has 0 N–H and O–H groups in total. The van der Waals surface area contributed by atoms with Crippen LogP contribution in [-0.2, 0) is 25.5 Å². The number of ether oxygens (including phenoxy) is 3. The van der Waals surface area contributed by atoms with Gasteiger partial charge in [0, 0.05) is 20.3 Å². The molecule has 0 atom stereocenters. The summed E-state index contributed by atoms with van der Waals surface area (Å²) in [6.45, 7) is 9.67. The molecule has 1 fully saturated rings. The standard InChI is InChI=1S/C30H34O6Si/c1-29(2,3)37(23-13-9-7-10-14-23,24-15-11-8-12-16-24)36-26-18-17-22(33-6)19-21(26)20-25-27(31)34-30(4,5)35-28(25)32/h7-19,25H,20H2,1-6H3. The number of carbonyl (C=O) groups is 2. The zero-order valence-corrected chi connectivity index (χ0v) is 23.2. The van der Waals surface area contributed by atoms with E-state index in [1.807, 2.05) is 54.6 Å². The van der Waals surface area contributed by atoms with Crippen LogP contribution in [0.15, 0.2) is 78.9 Å². The van der Waals surface area contributed by atoms with Crippen LogP contribution in [0.2, 0.25) is 5.04 Å². The van der Waals surface area contributed by atoms with Gasteiger partial charge in [-0.25, -0.2) is 0 Å². The molecule has 0 bridgehead atoms. The number of cyclic esters (lactones) is 2. The Morgan fingerprint density at radius 3 is 1.81 bits per heavy atom. The zero-order valence-electron chi connectivity index (χ0n) is 22.2. The lowest BCUT2D eigenvalue weighted by atomic mass is 9.97. The third-order valence-electron chi connectivity index (χ3n) is 6.63. The lowest BCUT2D eigenvalue weighted by Gasteiger charge is -2.43. The molecule has 1 aliphatic rings. The number of hydrogen-bond donors (Lipinski definition) is 0. The van der Waals surface area contributed by atoms with E-state index in [-0.39, 0.29) is 11.5 Å². The predicted molar refractivity (Wildman–Crippen MR) is 145 cm³/mol. The van der Waals surface area contributed by atoms with Crippen LogP contribution in [0.5, 0.6) is 11.5 Å². The van der Waals surface area contributed by atoms with Gasteiger partial charge in [-0.15, -0.1) is 0 Å². The molecular weight excluding hydrogens is 484 g/mol. The molecule has 1 aliphatic heterocycles. The van der Waals surface area contributed by atoms with Crippen LogP contribution < -0.4 is 19.5 Å². The van der Waals surface area contributed by atoms with E-state index in [0.717, 1.165) is 10.4 Å². The van der Waals surface area contributed by atoms with Crippen molar-refractivity contribution in [2.75, 3.05) is 7.11 Å². The summed E-state index contributed by atoms with van der Waals surface area (Å²) in [6, 6.07) is 26.1. The number of hydrogen-bond acceptors (Lipinski definition) is 6. The number of rotatable bonds is 7. The average Bonchev–Trinajstić information content (AvgIpc) is 2.85. The van der Waals surface area contributed by atoms with Crippen molar-refractivity contribution in [3.63, 3.8) is 0 Å². The van der Waals surface area contributed by atoms with Gasteiger partial charge in [0.15, 0.2) is 5.92 Å². The normalized spacial score (nSPS) is 16.1. The highest BCUT2D eigenvalue weighted by Crippen LogP contribution is 2.40. The highest BCUT2D eigenvalue weighted by molar-refractivity contribution is 7.00. The first-order valence-electron chi connectivity index (χ1n) is 12.4. The Morgan fingerprint density at radius 2 is 1.35 bits per heavy atom. The number of benzene rings is 3. The molecule has 1 saturated heterocycles. The average molecular weight is 519 g/mol. The topological polar surface area (TPSA) is 71.1 Å². The van der Waals surface area contributed by atoms with Crippen LogP contribution in [0.3, 0.4) is 0 Å². The van der Waals surface area contributed by atoms with Crippen LogP contribution in [0.4, 0.5) is 0 Å². The monoisotopic (exact) mass is 518 g/mol. The highest BCUT2D eigenvalue weighted by atomic mass is 28.4. The van der Waals surface area contributed by atoms with E-state index in [0.29, 0.717) is 17.1 Å². The summed E-state index contributed by atoms with van der Waals surface area (Å²) in [5.41, 5.74) is 0.672. The molecule has 37 heavy (non-hydrogen) atoms. The van der Waals surface area contributed by atoms with Crippen LogP contribution >= 0.6 is 0 Å². The predicted octanol–water partition coefficient (Wildman–Crippen LogP) is 4.63. The Hall–Kier alpha value is -3.58. The smallest absolute Gasteiger partial charge is 0.323 e. The molecule has 0 radical (unpaired) electrons. The molecule has 0 unspecified atom stereocenters. The maximum Gasteiger partial charge on any atom is 0.323 e. The Labute approximate surface area is 219 Å². The van der Waals surface area contributed by atoms with Gasteiger partial charge in [-0.05, 0) is 39.2 Å². The summed E-state index contributed by atoms with van der Waals surface area (Å²) in [4.78, 5) is 25.6. The lowest BCUT2D eigenvalue weighted by molar-refractivity contribution is -0.239. The summed E-state index contributed by atoms with van der Waals surface area (Å²) in [5, 5.41) is 1.97. The van der Waals surface area contributed by atoms with Crippen molar-refractivity contribution in [1.29, 1.82) is 0 Å². The van der Waals surface area contributed by atoms with Crippen molar-refractivity contribution >= 4 is 30.6 Å². The minimum Gasteiger partial charge on any atom is -0.534 e. The molecule has 0 aliphatic carbocycles. The van der Waals surface area contributed by atoms with Crippen molar-refractivity contribution < 1.29 is 28.2 Å². The minimum absolute atomic E-state index is 0.0679. The summed E-state index contributed by atoms with van der Waals surface area (Å²) < 4.78 is 23.4. The minimum atomic E-state index is -2.95. The number of esters is 2. The van der Waals surface area contributed by atoms with Gasteiger partial charge in [-0.1, -0.05) is 81.4 Å². The number of carbonyl (C=O) groups excluding carboxylic acids is 2. The second-order valence-corrected chi connectivity index (χ2v) is 15.0. The molecule has 194 valence electrons. The van der Waals surface area contributed by atoms with Crippen molar-refractivity contribution in [2.24, 2.45) is 5.92 Å². The highest BCUT2D eigenvalue weighted by Gasteiger charge is 2.52. The first kappa shape index (κ1) is 26.5. The summed E-state index contributed by atoms with van der Waals surface area (Å²) in [5.74, 6) is -2.40. The van der Waals surface area contributed by atoms with E-state index in [9.17, 15) is 9.59 Å². The van der Waals surface area contributed by atoms with Crippen LogP contribution in [0.1, 0.15) is 40.2 Å². The molecule has 3 aromatic carbocycles. The maximum atomic E-state index is 12.8. The SMILES string of the molecule is COc1ccc(O[Si](c2ccccc2)(c2ccccc2)C(C)(C)C)c(CC2C(=O)OC(C)(C)OC2=O)c1. The van der Waals surface area contributed by atoms with Crippen molar-refractivity contribution in [1.82, 2.24) is 0 Å². The Bertz CT molecular complexity index is 1200. The van der Waals surface area contributed by atoms with E-state index < -0.39 is 32.0 Å². The first-order chi connectivity index (χ1) is 17.5. The molecular formula is C30H34O6Si. The van der Waals surface area contributed by atoms with Gasteiger partial charge in [0.05, 0.1) is 7.11 Å². The Kier molecular flexibility index (Phi) is 7.19. The lowest BCUT2D eigenvalue weighted by Crippen LogP contribution is -2.68. The van der Waals surface area contributed by atoms with Crippen LogP contribution in [0, 0.1) is 5.92 Å². The fourth-order valence-corrected chi connectivity index (χ4v) is 9.35. The van der Waals surface area contributed by atoms with E-state index in [1.165, 1.54) is 0 Å². The van der Waals surface area contributed by atoms with Gasteiger partial charge < -0.3 is 18.6 Å². The maximum absolute atomic E-state index is 12.8. The molecule has 7 heteroatoms. The third kappa shape index (κ3) is 5.27. The van der Waals surface area contributed by atoms with Gasteiger partial charge in [0.1, 0.15) is 11.5 Å². The van der Waals surface area contributed by atoms with Gasteiger partial charge in [0.2, 0.25) is 0 Å². The molecule has 0 spiro atoms. The second-order valence-electron chi connectivity index (χ2n) is 10.7. The van der Waals surface area contributed by atoms with E-state index in [2.05, 4.69) is 45.0 Å². The molecule has 0 aromatic heterocycles. The van der Waals surface area contributed by atoms with Crippen molar-refractivity contribution in [3.8, 4) is 11.5 Å². The quantitative estimate of drug-likeness (QED) is 0.258. The fraction of sp³-hybridized carbons (Fsp3) is 0.333. The molecule has 3 aromatic rings. The second kappa shape index (κ2) is 10.1. The van der Waals surface area contributed by atoms with Crippen molar-refractivity contribution in [3.05, 3.63) is 84.4 Å². The summed E-state index contributed by atoms with van der Waals surface area (Å²) >= 11 is 0. The number of methoxy groups -OCH3 is 1. The molecule has 4 rings (SSSR count). The van der Waals surface area contributed by atoms with Gasteiger partial charge in [0.25, 0.3) is 5.79 Å². The Morgan fingerprint density at radius 1 is 0.838 bits per heavy atom. The van der Waals surface area contributed by atoms with Gasteiger partial charge in [-0.3, -0.25) is 9.59 Å². The van der Waals surface area contributed by atoms with E-state index in [1.54, 1.807) is 21.0 Å². The van der Waals surface area contributed by atoms with Gasteiger partial charge >= 0.3 is 20.3 Å². The van der Waals surface area contributed by atoms with E-state index >= 15 is 0 Å². The first-order valence-corrected chi connectivity index (χ1v) is 14.3. The van der Waals surface area contributed by atoms with Crippen LogP contribution in [0.25, 0.3) is 0 Å². The van der Waals surface area contributed by atoms with E-state index in [4.69, 9.17) is 18.6 Å². The summed E-state index contributed by atoms with van der Waals surface area (Å²) in [7, 11) is -1.37. The third-order valence-corrected chi connectivity index (χ3v) is 11.6. The largest absolute Gasteiger partial charge is 0.534 e. The van der Waals surface area contributed by atoms with Gasteiger partial charge in [-0.2, -0.15) is 0 Å². The Balaban J connectivity index is 1.85.